The Morgan fingerprint density at radius 3 is 1.83 bits per heavy atom. The summed E-state index contributed by atoms with van der Waals surface area (Å²) in [4.78, 5) is 19.5. The summed E-state index contributed by atoms with van der Waals surface area (Å²) in [6.45, 7) is 0.407. The van der Waals surface area contributed by atoms with Crippen LogP contribution in [0.4, 0.5) is 0 Å². The Morgan fingerprint density at radius 2 is 1.48 bits per heavy atom. The predicted molar refractivity (Wildman–Crippen MR) is 75.9 cm³/mol. The van der Waals surface area contributed by atoms with E-state index in [4.69, 9.17) is 30.6 Å². The van der Waals surface area contributed by atoms with Crippen LogP contribution in [0.2, 0.25) is 0 Å². The smallest absolute Gasteiger partial charge is 0.335 e. The highest BCUT2D eigenvalue weighted by Crippen LogP contribution is 2.27. The molecule has 0 heterocycles. The SMILES string of the molecule is CNC[C@H](O)c1ccc(O)c(O)c1.O=C(O)[C@@H](O)[C@@H](O)C(=O)O. The third kappa shape index (κ3) is 6.93. The molecule has 0 spiro atoms. The van der Waals surface area contributed by atoms with Crippen molar-refractivity contribution in [3.63, 3.8) is 0 Å². The van der Waals surface area contributed by atoms with Crippen molar-refractivity contribution in [3.05, 3.63) is 23.8 Å². The van der Waals surface area contributed by atoms with E-state index in [1.807, 2.05) is 0 Å². The minimum atomic E-state index is -2.27. The molecule has 0 aromatic heterocycles. The number of likely N-dealkylation sites (N-methyl/N-ethyl adjacent to an activating group) is 1. The molecule has 0 saturated carbocycles. The number of phenols is 2. The Morgan fingerprint density at radius 1 is 1.00 bits per heavy atom. The number of benzene rings is 1. The van der Waals surface area contributed by atoms with E-state index in [2.05, 4.69) is 5.32 Å². The normalized spacial score (nSPS) is 14.1. The van der Waals surface area contributed by atoms with Crippen molar-refractivity contribution in [3.8, 4) is 11.5 Å². The zero-order valence-electron chi connectivity index (χ0n) is 12.1. The highest BCUT2D eigenvalue weighted by molar-refractivity contribution is 5.83. The third-order valence-electron chi connectivity index (χ3n) is 2.59. The summed E-state index contributed by atoms with van der Waals surface area (Å²) in [5, 5.41) is 63.0. The molecule has 0 unspecified atom stereocenters. The standard InChI is InChI=1S/C9H13NO3.C4H6O6/c1-10-5-9(13)6-2-3-7(11)8(12)4-6;5-1(3(7)8)2(6)4(9)10/h2-4,9-13H,5H2,1H3;1-2,5-6H,(H,7,8)(H,9,10)/t9-;1-,2+/m0./s1. The summed E-state index contributed by atoms with van der Waals surface area (Å²) < 4.78 is 0. The molecular weight excluding hydrogens is 314 g/mol. The van der Waals surface area contributed by atoms with Gasteiger partial charge < -0.3 is 41.1 Å². The number of phenolic OH excluding ortho intramolecular Hbond substituents is 2. The number of carbonyl (C=O) groups is 2. The van der Waals surface area contributed by atoms with Crippen molar-refractivity contribution >= 4 is 11.9 Å². The van der Waals surface area contributed by atoms with Crippen LogP contribution in [0, 0.1) is 0 Å². The first-order chi connectivity index (χ1) is 10.6. The van der Waals surface area contributed by atoms with Crippen LogP contribution in [-0.2, 0) is 9.59 Å². The van der Waals surface area contributed by atoms with E-state index in [0.717, 1.165) is 0 Å². The van der Waals surface area contributed by atoms with Crippen molar-refractivity contribution in [1.82, 2.24) is 5.32 Å². The molecule has 1 aromatic rings. The molecule has 0 aliphatic heterocycles. The monoisotopic (exact) mass is 333 g/mol. The molecule has 0 aliphatic carbocycles. The predicted octanol–water partition coefficient (Wildman–Crippen LogP) is -1.77. The summed E-state index contributed by atoms with van der Waals surface area (Å²) in [7, 11) is 1.73. The van der Waals surface area contributed by atoms with Gasteiger partial charge in [-0.2, -0.15) is 0 Å². The fourth-order valence-corrected chi connectivity index (χ4v) is 1.33. The summed E-state index contributed by atoms with van der Waals surface area (Å²) in [5.74, 6) is -3.93. The van der Waals surface area contributed by atoms with Crippen LogP contribution in [0.3, 0.4) is 0 Å². The van der Waals surface area contributed by atoms with Gasteiger partial charge in [-0.25, -0.2) is 9.59 Å². The van der Waals surface area contributed by atoms with Crippen LogP contribution in [0.1, 0.15) is 11.7 Å². The second kappa shape index (κ2) is 9.58. The molecule has 3 atom stereocenters. The van der Waals surface area contributed by atoms with Crippen molar-refractivity contribution in [2.24, 2.45) is 0 Å². The third-order valence-corrected chi connectivity index (χ3v) is 2.59. The van der Waals surface area contributed by atoms with Gasteiger partial charge >= 0.3 is 11.9 Å². The van der Waals surface area contributed by atoms with Gasteiger partial charge in [0.15, 0.2) is 23.7 Å². The van der Waals surface area contributed by atoms with E-state index in [-0.39, 0.29) is 11.5 Å². The lowest BCUT2D eigenvalue weighted by atomic mass is 10.1. The molecule has 0 saturated heterocycles. The highest BCUT2D eigenvalue weighted by Gasteiger charge is 2.29. The quantitative estimate of drug-likeness (QED) is 0.277. The lowest BCUT2D eigenvalue weighted by molar-refractivity contribution is -0.165. The Labute approximate surface area is 130 Å². The van der Waals surface area contributed by atoms with Crippen molar-refractivity contribution in [1.29, 1.82) is 0 Å². The highest BCUT2D eigenvalue weighted by atomic mass is 16.4. The van der Waals surface area contributed by atoms with E-state index in [1.165, 1.54) is 12.1 Å². The van der Waals surface area contributed by atoms with Gasteiger partial charge in [0.2, 0.25) is 0 Å². The number of carboxylic acids is 2. The summed E-state index contributed by atoms with van der Waals surface area (Å²) >= 11 is 0. The van der Waals surface area contributed by atoms with Gasteiger partial charge in [0.25, 0.3) is 0 Å². The first kappa shape index (κ1) is 20.6. The summed E-state index contributed by atoms with van der Waals surface area (Å²) in [5.41, 5.74) is 0.574. The summed E-state index contributed by atoms with van der Waals surface area (Å²) in [6.07, 6.45) is -5.20. The molecule has 130 valence electrons. The first-order valence-electron chi connectivity index (χ1n) is 6.28. The minimum absolute atomic E-state index is 0.180. The van der Waals surface area contributed by atoms with Crippen molar-refractivity contribution < 1.29 is 45.3 Å². The van der Waals surface area contributed by atoms with Gasteiger partial charge in [0.1, 0.15) is 0 Å². The minimum Gasteiger partial charge on any atom is -0.504 e. The molecule has 0 bridgehead atoms. The van der Waals surface area contributed by atoms with E-state index in [1.54, 1.807) is 13.1 Å². The molecule has 8 N–H and O–H groups in total. The molecule has 0 radical (unpaired) electrons. The molecular formula is C13H19NO9. The maximum Gasteiger partial charge on any atom is 0.335 e. The van der Waals surface area contributed by atoms with E-state index in [0.29, 0.717) is 12.1 Å². The van der Waals surface area contributed by atoms with Gasteiger partial charge in [-0.3, -0.25) is 0 Å². The number of aromatic hydroxyl groups is 2. The number of aliphatic carboxylic acids is 2. The van der Waals surface area contributed by atoms with E-state index < -0.39 is 30.3 Å². The number of nitrogens with one attached hydrogen (secondary N) is 1. The van der Waals surface area contributed by atoms with Crippen molar-refractivity contribution in [2.45, 2.75) is 18.3 Å². The number of hydrogen-bond acceptors (Lipinski definition) is 8. The maximum absolute atomic E-state index is 9.77. The zero-order chi connectivity index (χ0) is 18.2. The number of hydrogen-bond donors (Lipinski definition) is 8. The van der Waals surface area contributed by atoms with Gasteiger partial charge in [-0.1, -0.05) is 6.07 Å². The molecule has 0 aliphatic rings. The average molecular weight is 333 g/mol. The first-order valence-corrected chi connectivity index (χ1v) is 6.28. The molecule has 10 nitrogen and oxygen atoms in total. The van der Waals surface area contributed by atoms with Gasteiger partial charge in [0.05, 0.1) is 6.10 Å². The Bertz CT molecular complexity index is 516. The number of aliphatic hydroxyl groups excluding tert-OH is 3. The van der Waals surface area contributed by atoms with E-state index in [9.17, 15) is 14.7 Å². The lowest BCUT2D eigenvalue weighted by Gasteiger charge is -2.10. The second-order valence-electron chi connectivity index (χ2n) is 4.39. The van der Waals surface area contributed by atoms with Crippen LogP contribution in [0.15, 0.2) is 18.2 Å². The van der Waals surface area contributed by atoms with Crippen LogP contribution >= 0.6 is 0 Å². The van der Waals surface area contributed by atoms with Gasteiger partial charge in [-0.05, 0) is 24.7 Å². The van der Waals surface area contributed by atoms with Crippen molar-refractivity contribution in [2.75, 3.05) is 13.6 Å². The fraction of sp³-hybridized carbons (Fsp3) is 0.385. The van der Waals surface area contributed by atoms with E-state index >= 15 is 0 Å². The largest absolute Gasteiger partial charge is 0.504 e. The number of rotatable bonds is 6. The van der Waals surface area contributed by atoms with Crippen LogP contribution in [0.25, 0.3) is 0 Å². The van der Waals surface area contributed by atoms with Gasteiger partial charge in [0, 0.05) is 6.54 Å². The van der Waals surface area contributed by atoms with Crippen LogP contribution in [-0.4, -0.2) is 73.5 Å². The Kier molecular flexibility index (Phi) is 8.58. The molecule has 0 fully saturated rings. The lowest BCUT2D eigenvalue weighted by Crippen LogP contribution is -2.39. The Hall–Kier alpha value is -2.40. The number of carboxylic acid groups (broad SMARTS) is 2. The topological polar surface area (TPSA) is 188 Å². The van der Waals surface area contributed by atoms with Crippen LogP contribution in [0.5, 0.6) is 11.5 Å². The fourth-order valence-electron chi connectivity index (χ4n) is 1.33. The average Bonchev–Trinajstić information content (AvgIpc) is 2.49. The molecule has 23 heavy (non-hydrogen) atoms. The molecule has 1 rings (SSSR count). The number of aliphatic hydroxyl groups is 3. The maximum atomic E-state index is 9.77. The molecule has 10 heteroatoms. The second-order valence-corrected chi connectivity index (χ2v) is 4.39. The molecule has 1 aromatic carbocycles. The Balaban J connectivity index is 0.000000438. The molecule has 0 amide bonds. The zero-order valence-corrected chi connectivity index (χ0v) is 12.1. The van der Waals surface area contributed by atoms with Crippen LogP contribution < -0.4 is 5.32 Å². The van der Waals surface area contributed by atoms with Gasteiger partial charge in [-0.15, -0.1) is 0 Å². The summed E-state index contributed by atoms with van der Waals surface area (Å²) in [6, 6.07) is 4.26.